The Balaban J connectivity index is 3.21. The van der Waals surface area contributed by atoms with Crippen molar-refractivity contribution in [3.63, 3.8) is 0 Å². The van der Waals surface area contributed by atoms with Gasteiger partial charge in [0.1, 0.15) is 0 Å². The van der Waals surface area contributed by atoms with E-state index >= 15 is 0 Å². The minimum Gasteiger partial charge on any atom is -0.360 e. The summed E-state index contributed by atoms with van der Waals surface area (Å²) in [6, 6.07) is 0. The molecule has 0 atom stereocenters. The zero-order valence-electron chi connectivity index (χ0n) is 13.0. The van der Waals surface area contributed by atoms with Crippen molar-refractivity contribution in [1.29, 1.82) is 0 Å². The molecule has 0 aromatic carbocycles. The van der Waals surface area contributed by atoms with Gasteiger partial charge in [0.25, 0.3) is 0 Å². The van der Waals surface area contributed by atoms with Gasteiger partial charge in [-0.15, -0.1) is 0 Å². The van der Waals surface area contributed by atoms with Crippen LogP contribution in [0, 0.1) is 10.1 Å². The quantitative estimate of drug-likeness (QED) is 0.401. The van der Waals surface area contributed by atoms with Crippen molar-refractivity contribution >= 4 is 11.5 Å². The molecule has 1 rings (SSSR count). The molecule has 22 heavy (non-hydrogen) atoms. The molecule has 1 aromatic heterocycles. The molecule has 10 heteroatoms. The van der Waals surface area contributed by atoms with E-state index in [0.717, 1.165) is 4.57 Å². The second kappa shape index (κ2) is 7.71. The van der Waals surface area contributed by atoms with Crippen LogP contribution in [0.3, 0.4) is 0 Å². The molecule has 1 heterocycles. The van der Waals surface area contributed by atoms with E-state index in [2.05, 4.69) is 5.32 Å². The third kappa shape index (κ3) is 3.71. The van der Waals surface area contributed by atoms with Crippen molar-refractivity contribution in [1.82, 2.24) is 9.13 Å². The van der Waals surface area contributed by atoms with Crippen LogP contribution in [0.4, 0.5) is 11.5 Å². The van der Waals surface area contributed by atoms with E-state index in [1.54, 1.807) is 13.8 Å². The highest BCUT2D eigenvalue weighted by Gasteiger charge is 2.26. The molecule has 0 saturated carbocycles. The lowest BCUT2D eigenvalue weighted by atomic mass is 10.4. The van der Waals surface area contributed by atoms with Crippen LogP contribution in [0.2, 0.25) is 0 Å². The largest absolute Gasteiger partial charge is 0.374 e. The first kappa shape index (κ1) is 17.9. The molecule has 0 fully saturated rings. The maximum absolute atomic E-state index is 11.9. The molecule has 0 bridgehead atoms. The normalized spacial score (nSPS) is 11.0. The number of aromatic nitrogens is 2. The Kier molecular flexibility index (Phi) is 6.25. The Morgan fingerprint density at radius 1 is 1.18 bits per heavy atom. The summed E-state index contributed by atoms with van der Waals surface area (Å²) >= 11 is 0. The first-order chi connectivity index (χ1) is 10.3. The Morgan fingerprint density at radius 2 is 1.73 bits per heavy atom. The van der Waals surface area contributed by atoms with Gasteiger partial charge in [0.15, 0.2) is 12.1 Å². The standard InChI is InChI=1S/C12H20N4O6/c1-5-21-8(22-6-2)7-13-10-9(16(19)20)11(17)15(4)12(18)14(10)3/h8,13H,5-7H2,1-4H3. The van der Waals surface area contributed by atoms with E-state index in [-0.39, 0.29) is 12.4 Å². The summed E-state index contributed by atoms with van der Waals surface area (Å²) in [7, 11) is 2.53. The number of anilines is 1. The molecule has 0 unspecified atom stereocenters. The van der Waals surface area contributed by atoms with Crippen LogP contribution >= 0.6 is 0 Å². The average Bonchev–Trinajstić information content (AvgIpc) is 2.47. The fraction of sp³-hybridized carbons (Fsp3) is 0.667. The molecule has 1 N–H and O–H groups in total. The molecule has 124 valence electrons. The van der Waals surface area contributed by atoms with Gasteiger partial charge in [-0.25, -0.2) is 4.79 Å². The molecule has 0 radical (unpaired) electrons. The Morgan fingerprint density at radius 3 is 2.18 bits per heavy atom. The van der Waals surface area contributed by atoms with Gasteiger partial charge in [-0.3, -0.25) is 24.0 Å². The minimum absolute atomic E-state index is 0.0585. The van der Waals surface area contributed by atoms with Crippen LogP contribution in [-0.4, -0.2) is 40.1 Å². The van der Waals surface area contributed by atoms with E-state index in [1.165, 1.54) is 14.1 Å². The number of nitrogens with one attached hydrogen (secondary N) is 1. The minimum atomic E-state index is -0.972. The molecule has 0 saturated heterocycles. The summed E-state index contributed by atoms with van der Waals surface area (Å²) in [6.07, 6.45) is -0.645. The number of ether oxygens (including phenoxy) is 2. The first-order valence-corrected chi connectivity index (χ1v) is 6.76. The van der Waals surface area contributed by atoms with E-state index in [0.29, 0.717) is 17.8 Å². The maximum Gasteiger partial charge on any atom is 0.374 e. The van der Waals surface area contributed by atoms with Crippen molar-refractivity contribution in [2.24, 2.45) is 14.1 Å². The predicted molar refractivity (Wildman–Crippen MR) is 79.1 cm³/mol. The van der Waals surface area contributed by atoms with Crippen LogP contribution in [-0.2, 0) is 23.6 Å². The van der Waals surface area contributed by atoms with Gasteiger partial charge < -0.3 is 14.8 Å². The Hall–Kier alpha value is -2.20. The van der Waals surface area contributed by atoms with Crippen molar-refractivity contribution in [2.45, 2.75) is 20.1 Å². The topological polar surface area (TPSA) is 118 Å². The highest BCUT2D eigenvalue weighted by molar-refractivity contribution is 5.54. The second-order valence-corrected chi connectivity index (χ2v) is 4.38. The van der Waals surface area contributed by atoms with Gasteiger partial charge in [-0.1, -0.05) is 0 Å². The zero-order chi connectivity index (χ0) is 16.9. The highest BCUT2D eigenvalue weighted by Crippen LogP contribution is 2.17. The fourth-order valence-electron chi connectivity index (χ4n) is 1.91. The van der Waals surface area contributed by atoms with Gasteiger partial charge in [0, 0.05) is 27.3 Å². The molecule has 10 nitrogen and oxygen atoms in total. The Bertz CT molecular complexity index is 644. The Labute approximate surface area is 126 Å². The summed E-state index contributed by atoms with van der Waals surface area (Å²) in [5.41, 5.74) is -2.33. The van der Waals surface area contributed by atoms with Crippen LogP contribution < -0.4 is 16.6 Å². The van der Waals surface area contributed by atoms with Crippen LogP contribution in [0.15, 0.2) is 9.59 Å². The van der Waals surface area contributed by atoms with Gasteiger partial charge in [-0.2, -0.15) is 0 Å². The summed E-state index contributed by atoms with van der Waals surface area (Å²) in [5.74, 6) is -0.178. The third-order valence-electron chi connectivity index (χ3n) is 2.96. The van der Waals surface area contributed by atoms with Crippen molar-refractivity contribution in [3.05, 3.63) is 31.0 Å². The molecule has 1 aromatic rings. The summed E-state index contributed by atoms with van der Waals surface area (Å²) in [5, 5.41) is 13.8. The predicted octanol–water partition coefficient (Wildman–Crippen LogP) is -0.197. The number of hydrogen-bond acceptors (Lipinski definition) is 7. The SMILES string of the molecule is CCOC(CNc1c([N+](=O)[O-])c(=O)n(C)c(=O)n1C)OCC. The fourth-order valence-corrected chi connectivity index (χ4v) is 1.91. The van der Waals surface area contributed by atoms with Gasteiger partial charge >= 0.3 is 16.9 Å². The lowest BCUT2D eigenvalue weighted by Gasteiger charge is -2.19. The van der Waals surface area contributed by atoms with Gasteiger partial charge in [0.2, 0.25) is 0 Å². The maximum atomic E-state index is 11.9. The lowest BCUT2D eigenvalue weighted by Crippen LogP contribution is -2.40. The van der Waals surface area contributed by atoms with Crippen LogP contribution in [0.25, 0.3) is 0 Å². The summed E-state index contributed by atoms with van der Waals surface area (Å²) in [6.45, 7) is 4.40. The number of nitrogens with zero attached hydrogens (tertiary/aromatic N) is 3. The smallest absolute Gasteiger partial charge is 0.360 e. The molecule has 0 amide bonds. The first-order valence-electron chi connectivity index (χ1n) is 6.76. The molecular formula is C12H20N4O6. The average molecular weight is 316 g/mol. The van der Waals surface area contributed by atoms with E-state index < -0.39 is 28.1 Å². The number of rotatable bonds is 8. The van der Waals surface area contributed by atoms with Crippen molar-refractivity contribution in [3.8, 4) is 0 Å². The summed E-state index contributed by atoms with van der Waals surface area (Å²) < 4.78 is 12.3. The molecule has 0 aliphatic carbocycles. The molecule has 0 aliphatic heterocycles. The highest BCUT2D eigenvalue weighted by atomic mass is 16.7. The molecule has 0 spiro atoms. The third-order valence-corrected chi connectivity index (χ3v) is 2.96. The van der Waals surface area contributed by atoms with Gasteiger partial charge in [0.05, 0.1) is 11.5 Å². The van der Waals surface area contributed by atoms with Crippen LogP contribution in [0.1, 0.15) is 13.8 Å². The van der Waals surface area contributed by atoms with E-state index in [4.69, 9.17) is 9.47 Å². The number of nitro groups is 1. The van der Waals surface area contributed by atoms with Crippen molar-refractivity contribution < 1.29 is 14.4 Å². The van der Waals surface area contributed by atoms with E-state index in [9.17, 15) is 19.7 Å². The number of hydrogen-bond donors (Lipinski definition) is 1. The second-order valence-electron chi connectivity index (χ2n) is 4.38. The van der Waals surface area contributed by atoms with Gasteiger partial charge in [-0.05, 0) is 13.8 Å². The van der Waals surface area contributed by atoms with Crippen LogP contribution in [0.5, 0.6) is 0 Å². The molecular weight excluding hydrogens is 296 g/mol. The summed E-state index contributed by atoms with van der Waals surface area (Å²) in [4.78, 5) is 34.1. The monoisotopic (exact) mass is 316 g/mol. The van der Waals surface area contributed by atoms with E-state index in [1.807, 2.05) is 0 Å². The molecule has 0 aliphatic rings. The zero-order valence-corrected chi connectivity index (χ0v) is 13.0. The lowest BCUT2D eigenvalue weighted by molar-refractivity contribution is -0.386. The van der Waals surface area contributed by atoms with Crippen molar-refractivity contribution in [2.75, 3.05) is 25.1 Å².